The first-order valence-electron chi connectivity index (χ1n) is 4.36. The van der Waals surface area contributed by atoms with Crippen LogP contribution in [0.3, 0.4) is 0 Å². The molecule has 0 bridgehead atoms. The van der Waals surface area contributed by atoms with Crippen LogP contribution in [-0.2, 0) is 4.79 Å². The zero-order chi connectivity index (χ0) is 9.84. The van der Waals surface area contributed by atoms with Gasteiger partial charge in [-0.25, -0.2) is 0 Å². The monoisotopic (exact) mass is 174 g/mol. The van der Waals surface area contributed by atoms with Crippen LogP contribution in [0.15, 0.2) is 35.9 Å². The Morgan fingerprint density at radius 1 is 1.00 bits per heavy atom. The molecular weight excluding hydrogens is 160 g/mol. The molecule has 0 aromatic heterocycles. The second kappa shape index (κ2) is 4.04. The van der Waals surface area contributed by atoms with E-state index in [1.54, 1.807) is 6.92 Å². The van der Waals surface area contributed by atoms with Gasteiger partial charge in [0.2, 0.25) is 0 Å². The lowest BCUT2D eigenvalue weighted by Crippen LogP contribution is -1.97. The van der Waals surface area contributed by atoms with E-state index in [9.17, 15) is 4.79 Å². The molecule has 1 heteroatoms. The Kier molecular flexibility index (Phi) is 3.02. The molecule has 13 heavy (non-hydrogen) atoms. The molecule has 0 heterocycles. The maximum absolute atomic E-state index is 11.3. The number of carbonyl (C=O) groups excluding carboxylic acids is 1. The average Bonchev–Trinajstić information content (AvgIpc) is 2.04. The molecule has 0 saturated heterocycles. The highest BCUT2D eigenvalue weighted by Gasteiger charge is 2.07. The summed E-state index contributed by atoms with van der Waals surface area (Å²) in [6, 6.07) is 9.77. The summed E-state index contributed by atoms with van der Waals surface area (Å²) >= 11 is 0. The highest BCUT2D eigenvalue weighted by molar-refractivity contribution is 6.20. The van der Waals surface area contributed by atoms with Crippen LogP contribution < -0.4 is 0 Å². The van der Waals surface area contributed by atoms with E-state index in [0.717, 1.165) is 16.7 Å². The fraction of sp³-hybridized carbons (Fsp3) is 0.250. The minimum absolute atomic E-state index is 0.131. The number of allylic oxidation sites excluding steroid dienone is 2. The predicted octanol–water partition coefficient (Wildman–Crippen LogP) is 3.07. The van der Waals surface area contributed by atoms with Crippen LogP contribution in [0.4, 0.5) is 0 Å². The van der Waals surface area contributed by atoms with Crippen molar-refractivity contribution in [1.29, 1.82) is 0 Å². The number of rotatable bonds is 2. The maximum atomic E-state index is 11.3. The van der Waals surface area contributed by atoms with Crippen molar-refractivity contribution >= 4 is 11.4 Å². The number of benzene rings is 1. The highest BCUT2D eigenvalue weighted by Crippen LogP contribution is 2.18. The molecule has 0 radical (unpaired) electrons. The minimum atomic E-state index is 0.131. The van der Waals surface area contributed by atoms with E-state index in [2.05, 4.69) is 0 Å². The summed E-state index contributed by atoms with van der Waals surface area (Å²) < 4.78 is 0. The van der Waals surface area contributed by atoms with Gasteiger partial charge in [-0.3, -0.25) is 4.79 Å². The van der Waals surface area contributed by atoms with E-state index in [0.29, 0.717) is 0 Å². The summed E-state index contributed by atoms with van der Waals surface area (Å²) in [7, 11) is 0. The largest absolute Gasteiger partial charge is 0.294 e. The molecule has 0 amide bonds. The van der Waals surface area contributed by atoms with Gasteiger partial charge in [0.05, 0.1) is 0 Å². The van der Waals surface area contributed by atoms with Gasteiger partial charge < -0.3 is 0 Å². The van der Waals surface area contributed by atoms with Crippen LogP contribution in [0.1, 0.15) is 26.3 Å². The van der Waals surface area contributed by atoms with Gasteiger partial charge in [0, 0.05) is 5.57 Å². The number of hydrogen-bond donors (Lipinski definition) is 0. The fourth-order valence-corrected chi connectivity index (χ4v) is 1.45. The van der Waals surface area contributed by atoms with Crippen molar-refractivity contribution in [1.82, 2.24) is 0 Å². The van der Waals surface area contributed by atoms with Crippen LogP contribution in [0, 0.1) is 0 Å². The Morgan fingerprint density at radius 3 is 1.92 bits per heavy atom. The van der Waals surface area contributed by atoms with Crippen molar-refractivity contribution < 1.29 is 4.79 Å². The third-order valence-corrected chi connectivity index (χ3v) is 1.91. The molecule has 0 aliphatic heterocycles. The summed E-state index contributed by atoms with van der Waals surface area (Å²) in [5, 5.41) is 0. The molecule has 1 aromatic rings. The number of carbonyl (C=O) groups is 1. The van der Waals surface area contributed by atoms with Crippen molar-refractivity contribution in [3.8, 4) is 0 Å². The molecule has 0 unspecified atom stereocenters. The second-order valence-corrected chi connectivity index (χ2v) is 3.30. The van der Waals surface area contributed by atoms with Gasteiger partial charge in [0.1, 0.15) is 0 Å². The van der Waals surface area contributed by atoms with E-state index in [-0.39, 0.29) is 5.78 Å². The number of hydrogen-bond acceptors (Lipinski definition) is 1. The predicted molar refractivity (Wildman–Crippen MR) is 55.4 cm³/mol. The first kappa shape index (κ1) is 9.72. The van der Waals surface area contributed by atoms with E-state index < -0.39 is 0 Å². The fourth-order valence-electron chi connectivity index (χ4n) is 1.45. The molecule has 68 valence electrons. The molecule has 1 aromatic carbocycles. The molecule has 1 nitrogen and oxygen atoms in total. The van der Waals surface area contributed by atoms with E-state index in [1.807, 2.05) is 44.2 Å². The highest BCUT2D eigenvalue weighted by atomic mass is 16.1. The third-order valence-electron chi connectivity index (χ3n) is 1.91. The first-order valence-corrected chi connectivity index (χ1v) is 4.36. The van der Waals surface area contributed by atoms with Gasteiger partial charge in [-0.1, -0.05) is 35.9 Å². The second-order valence-electron chi connectivity index (χ2n) is 3.30. The number of ketones is 1. The summed E-state index contributed by atoms with van der Waals surface area (Å²) in [4.78, 5) is 11.3. The zero-order valence-electron chi connectivity index (χ0n) is 8.29. The summed E-state index contributed by atoms with van der Waals surface area (Å²) in [5.74, 6) is 0.131. The smallest absolute Gasteiger partial charge is 0.160 e. The molecule has 0 spiro atoms. The summed E-state index contributed by atoms with van der Waals surface area (Å²) in [5.41, 5.74) is 2.91. The van der Waals surface area contributed by atoms with E-state index in [4.69, 9.17) is 0 Å². The van der Waals surface area contributed by atoms with Crippen molar-refractivity contribution in [3.05, 3.63) is 41.5 Å². The lowest BCUT2D eigenvalue weighted by atomic mass is 9.98. The van der Waals surface area contributed by atoms with Gasteiger partial charge in [-0.2, -0.15) is 0 Å². The van der Waals surface area contributed by atoms with Gasteiger partial charge >= 0.3 is 0 Å². The molecule has 0 atom stereocenters. The van der Waals surface area contributed by atoms with Crippen LogP contribution >= 0.6 is 0 Å². The van der Waals surface area contributed by atoms with Crippen molar-refractivity contribution in [2.45, 2.75) is 20.8 Å². The van der Waals surface area contributed by atoms with Crippen molar-refractivity contribution in [2.24, 2.45) is 0 Å². The zero-order valence-corrected chi connectivity index (χ0v) is 8.29. The molecule has 0 fully saturated rings. The summed E-state index contributed by atoms with van der Waals surface area (Å²) in [6.07, 6.45) is 0. The molecule has 0 aliphatic rings. The Hall–Kier alpha value is -1.37. The van der Waals surface area contributed by atoms with E-state index >= 15 is 0 Å². The lowest BCUT2D eigenvalue weighted by molar-refractivity contribution is -0.111. The van der Waals surface area contributed by atoms with E-state index in [1.165, 1.54) is 0 Å². The third kappa shape index (κ3) is 2.28. The first-order chi connectivity index (χ1) is 6.13. The average molecular weight is 174 g/mol. The quantitative estimate of drug-likeness (QED) is 0.630. The Bertz CT molecular complexity index is 329. The summed E-state index contributed by atoms with van der Waals surface area (Å²) in [6.45, 7) is 5.53. The SMILES string of the molecule is CC(=O)C(=C(C)C)c1ccccc1. The van der Waals surface area contributed by atoms with Crippen molar-refractivity contribution in [3.63, 3.8) is 0 Å². The standard InChI is InChI=1S/C12H14O/c1-9(2)12(10(3)13)11-7-5-4-6-8-11/h4-8H,1-3H3. The van der Waals surface area contributed by atoms with Crippen LogP contribution in [0.5, 0.6) is 0 Å². The van der Waals surface area contributed by atoms with Gasteiger partial charge in [-0.15, -0.1) is 0 Å². The van der Waals surface area contributed by atoms with Crippen LogP contribution in [0.2, 0.25) is 0 Å². The number of Topliss-reactive ketones (excluding diaryl/α,β-unsaturated/α-hetero) is 1. The lowest BCUT2D eigenvalue weighted by Gasteiger charge is -2.05. The van der Waals surface area contributed by atoms with Gasteiger partial charge in [0.15, 0.2) is 5.78 Å². The van der Waals surface area contributed by atoms with Crippen LogP contribution in [-0.4, -0.2) is 5.78 Å². The van der Waals surface area contributed by atoms with Gasteiger partial charge in [-0.05, 0) is 26.3 Å². The Labute approximate surface area is 79.1 Å². The normalized spacial score (nSPS) is 9.46. The molecule has 0 N–H and O–H groups in total. The molecule has 0 aliphatic carbocycles. The molecule has 1 rings (SSSR count). The molecular formula is C12H14O. The Morgan fingerprint density at radius 2 is 1.54 bits per heavy atom. The maximum Gasteiger partial charge on any atom is 0.160 e. The van der Waals surface area contributed by atoms with Gasteiger partial charge in [0.25, 0.3) is 0 Å². The van der Waals surface area contributed by atoms with Crippen molar-refractivity contribution in [2.75, 3.05) is 0 Å². The molecule has 0 saturated carbocycles. The minimum Gasteiger partial charge on any atom is -0.294 e. The topological polar surface area (TPSA) is 17.1 Å². The van der Waals surface area contributed by atoms with Crippen LogP contribution in [0.25, 0.3) is 5.57 Å². The Balaban J connectivity index is 3.20.